The molecule has 98 valence electrons. The molecule has 18 heavy (non-hydrogen) atoms. The van der Waals surface area contributed by atoms with Crippen molar-refractivity contribution >= 4 is 33.6 Å². The average molecular weight is 315 g/mol. The lowest BCUT2D eigenvalue weighted by molar-refractivity contribution is 0.0697. The van der Waals surface area contributed by atoms with Crippen LogP contribution in [0, 0.1) is 0 Å². The topological polar surface area (TPSA) is 78.4 Å². The fourth-order valence-corrected chi connectivity index (χ4v) is 1.77. The number of anilines is 1. The molecule has 0 heterocycles. The minimum Gasteiger partial charge on any atom is -0.478 e. The van der Waals surface area contributed by atoms with Crippen LogP contribution in [0.1, 0.15) is 30.6 Å². The van der Waals surface area contributed by atoms with Gasteiger partial charge in [-0.1, -0.05) is 22.9 Å². The second kappa shape index (κ2) is 6.39. The molecule has 5 nitrogen and oxygen atoms in total. The summed E-state index contributed by atoms with van der Waals surface area (Å²) in [6.45, 7) is 3.86. The van der Waals surface area contributed by atoms with Crippen molar-refractivity contribution in [2.45, 2.75) is 26.3 Å². The summed E-state index contributed by atoms with van der Waals surface area (Å²) in [4.78, 5) is 22.5. The Morgan fingerprint density at radius 3 is 2.61 bits per heavy atom. The number of aromatic carboxylic acids is 1. The highest BCUT2D eigenvalue weighted by Gasteiger charge is 2.09. The van der Waals surface area contributed by atoms with Gasteiger partial charge in [0.25, 0.3) is 0 Å². The molecule has 1 rings (SSSR count). The van der Waals surface area contributed by atoms with Crippen molar-refractivity contribution in [3.8, 4) is 0 Å². The summed E-state index contributed by atoms with van der Waals surface area (Å²) < 4.78 is 0.598. The van der Waals surface area contributed by atoms with Gasteiger partial charge in [0.05, 0.1) is 5.56 Å². The van der Waals surface area contributed by atoms with Gasteiger partial charge >= 0.3 is 12.0 Å². The van der Waals surface area contributed by atoms with Gasteiger partial charge in [-0.15, -0.1) is 0 Å². The highest BCUT2D eigenvalue weighted by molar-refractivity contribution is 9.10. The molecule has 0 aliphatic carbocycles. The van der Waals surface area contributed by atoms with Crippen molar-refractivity contribution in [1.82, 2.24) is 5.32 Å². The van der Waals surface area contributed by atoms with Crippen LogP contribution in [0.15, 0.2) is 22.7 Å². The lowest BCUT2D eigenvalue weighted by atomic mass is 10.2. The van der Waals surface area contributed by atoms with Crippen molar-refractivity contribution in [1.29, 1.82) is 0 Å². The van der Waals surface area contributed by atoms with E-state index in [2.05, 4.69) is 26.6 Å². The summed E-state index contributed by atoms with van der Waals surface area (Å²) in [6, 6.07) is 4.24. The largest absolute Gasteiger partial charge is 0.478 e. The first kappa shape index (κ1) is 14.5. The second-order valence-electron chi connectivity index (χ2n) is 3.94. The van der Waals surface area contributed by atoms with E-state index in [9.17, 15) is 9.59 Å². The maximum atomic E-state index is 11.6. The molecule has 2 amide bonds. The van der Waals surface area contributed by atoms with Gasteiger partial charge in [-0.05, 0) is 31.5 Å². The third kappa shape index (κ3) is 4.37. The number of carbonyl (C=O) groups excluding carboxylic acids is 1. The van der Waals surface area contributed by atoms with Gasteiger partial charge in [0, 0.05) is 16.2 Å². The van der Waals surface area contributed by atoms with E-state index in [-0.39, 0.29) is 17.6 Å². The molecular weight excluding hydrogens is 300 g/mol. The van der Waals surface area contributed by atoms with Gasteiger partial charge in [-0.2, -0.15) is 0 Å². The van der Waals surface area contributed by atoms with E-state index in [4.69, 9.17) is 5.11 Å². The van der Waals surface area contributed by atoms with Gasteiger partial charge in [0.1, 0.15) is 0 Å². The fourth-order valence-electron chi connectivity index (χ4n) is 1.28. The Morgan fingerprint density at radius 2 is 2.06 bits per heavy atom. The van der Waals surface area contributed by atoms with Crippen LogP contribution in [0.4, 0.5) is 10.5 Å². The predicted octanol–water partition coefficient (Wildman–Crippen LogP) is 3.07. The fraction of sp³-hybridized carbons (Fsp3) is 0.333. The SMILES string of the molecule is CCC(C)NC(=O)Nc1cc(Br)cc(C(=O)O)c1. The van der Waals surface area contributed by atoms with Crippen LogP contribution in [0.25, 0.3) is 0 Å². The van der Waals surface area contributed by atoms with E-state index in [1.165, 1.54) is 12.1 Å². The average Bonchev–Trinajstić information content (AvgIpc) is 2.27. The van der Waals surface area contributed by atoms with Crippen molar-refractivity contribution in [3.63, 3.8) is 0 Å². The van der Waals surface area contributed by atoms with Gasteiger partial charge in [-0.25, -0.2) is 9.59 Å². The number of rotatable bonds is 4. The summed E-state index contributed by atoms with van der Waals surface area (Å²) in [5.41, 5.74) is 0.547. The van der Waals surface area contributed by atoms with E-state index in [1.54, 1.807) is 6.07 Å². The van der Waals surface area contributed by atoms with Crippen molar-refractivity contribution < 1.29 is 14.7 Å². The number of carbonyl (C=O) groups is 2. The molecule has 1 aromatic rings. The number of urea groups is 1. The molecule has 0 saturated heterocycles. The molecule has 1 aromatic carbocycles. The van der Waals surface area contributed by atoms with E-state index < -0.39 is 5.97 Å². The molecule has 0 aromatic heterocycles. The quantitative estimate of drug-likeness (QED) is 0.799. The Bertz CT molecular complexity index is 463. The zero-order valence-electron chi connectivity index (χ0n) is 10.2. The molecule has 1 atom stereocenters. The lowest BCUT2D eigenvalue weighted by Crippen LogP contribution is -2.35. The number of carboxylic acids is 1. The highest BCUT2D eigenvalue weighted by atomic mass is 79.9. The van der Waals surface area contributed by atoms with Crippen LogP contribution in [0.2, 0.25) is 0 Å². The molecule has 0 fully saturated rings. The molecule has 6 heteroatoms. The summed E-state index contributed by atoms with van der Waals surface area (Å²) >= 11 is 3.20. The summed E-state index contributed by atoms with van der Waals surface area (Å²) in [5, 5.41) is 14.2. The van der Waals surface area contributed by atoms with Crippen LogP contribution < -0.4 is 10.6 Å². The zero-order chi connectivity index (χ0) is 13.7. The van der Waals surface area contributed by atoms with Crippen molar-refractivity contribution in [2.24, 2.45) is 0 Å². The van der Waals surface area contributed by atoms with Gasteiger partial charge in [0.15, 0.2) is 0 Å². The Morgan fingerprint density at radius 1 is 1.39 bits per heavy atom. The van der Waals surface area contributed by atoms with Crippen molar-refractivity contribution in [2.75, 3.05) is 5.32 Å². The predicted molar refractivity (Wildman–Crippen MR) is 73.0 cm³/mol. The number of carboxylic acid groups (broad SMARTS) is 1. The number of hydrogen-bond acceptors (Lipinski definition) is 2. The maximum absolute atomic E-state index is 11.6. The number of halogens is 1. The lowest BCUT2D eigenvalue weighted by Gasteiger charge is -2.13. The minimum absolute atomic E-state index is 0.0658. The number of hydrogen-bond donors (Lipinski definition) is 3. The zero-order valence-corrected chi connectivity index (χ0v) is 11.7. The number of amides is 2. The minimum atomic E-state index is -1.04. The third-order valence-electron chi connectivity index (χ3n) is 2.39. The van der Waals surface area contributed by atoms with Gasteiger partial charge < -0.3 is 15.7 Å². The second-order valence-corrected chi connectivity index (χ2v) is 4.86. The van der Waals surface area contributed by atoms with Gasteiger partial charge in [-0.3, -0.25) is 0 Å². The van der Waals surface area contributed by atoms with Crippen LogP contribution >= 0.6 is 15.9 Å². The first-order valence-electron chi connectivity index (χ1n) is 5.53. The summed E-state index contributed by atoms with van der Waals surface area (Å²) in [5.74, 6) is -1.04. The Labute approximate surface area is 114 Å². The van der Waals surface area contributed by atoms with E-state index in [1.807, 2.05) is 13.8 Å². The molecule has 0 radical (unpaired) electrons. The number of nitrogens with one attached hydrogen (secondary N) is 2. The molecule has 3 N–H and O–H groups in total. The smallest absolute Gasteiger partial charge is 0.335 e. The van der Waals surface area contributed by atoms with Crippen molar-refractivity contribution in [3.05, 3.63) is 28.2 Å². The molecule has 1 unspecified atom stereocenters. The van der Waals surface area contributed by atoms with E-state index in [0.29, 0.717) is 10.2 Å². The third-order valence-corrected chi connectivity index (χ3v) is 2.85. The first-order valence-corrected chi connectivity index (χ1v) is 6.33. The van der Waals surface area contributed by atoms with E-state index >= 15 is 0 Å². The molecule has 0 bridgehead atoms. The maximum Gasteiger partial charge on any atom is 0.335 e. The van der Waals surface area contributed by atoms with Crippen LogP contribution in [-0.2, 0) is 0 Å². The van der Waals surface area contributed by atoms with Crippen LogP contribution in [0.3, 0.4) is 0 Å². The summed E-state index contributed by atoms with van der Waals surface area (Å²) in [7, 11) is 0. The van der Waals surface area contributed by atoms with Crippen LogP contribution in [-0.4, -0.2) is 23.1 Å². The van der Waals surface area contributed by atoms with E-state index in [0.717, 1.165) is 6.42 Å². The Kier molecular flexibility index (Phi) is 5.15. The molecular formula is C12H15BrN2O3. The molecule has 0 aliphatic heterocycles. The highest BCUT2D eigenvalue weighted by Crippen LogP contribution is 2.19. The van der Waals surface area contributed by atoms with Gasteiger partial charge in [0.2, 0.25) is 0 Å². The standard InChI is InChI=1S/C12H15BrN2O3/c1-3-7(2)14-12(18)15-10-5-8(11(16)17)4-9(13)6-10/h4-7H,3H2,1-2H3,(H,16,17)(H2,14,15,18). The molecule has 0 aliphatic rings. The monoisotopic (exact) mass is 314 g/mol. The molecule has 0 spiro atoms. The Balaban J connectivity index is 2.78. The summed E-state index contributed by atoms with van der Waals surface area (Å²) in [6.07, 6.45) is 0.826. The molecule has 0 saturated carbocycles. The Hall–Kier alpha value is -1.56. The first-order chi connectivity index (χ1) is 8.42. The van der Waals surface area contributed by atoms with Crippen LogP contribution in [0.5, 0.6) is 0 Å². The number of benzene rings is 1. The normalized spacial score (nSPS) is 11.7.